The summed E-state index contributed by atoms with van der Waals surface area (Å²) in [6.45, 7) is 0.384. The van der Waals surface area contributed by atoms with Crippen LogP contribution in [0.5, 0.6) is 0 Å². The number of benzene rings is 1. The zero-order chi connectivity index (χ0) is 20.5. The Morgan fingerprint density at radius 3 is 2.87 bits per heavy atom. The molecule has 0 radical (unpaired) electrons. The van der Waals surface area contributed by atoms with Gasteiger partial charge < -0.3 is 5.32 Å². The van der Waals surface area contributed by atoms with Crippen molar-refractivity contribution in [3.8, 4) is 28.6 Å². The van der Waals surface area contributed by atoms with Crippen molar-refractivity contribution >= 4 is 5.91 Å². The number of hydrogen-bond donors (Lipinski definition) is 2. The fraction of sp³-hybridized carbons (Fsp3) is 0.0870. The van der Waals surface area contributed by atoms with Crippen molar-refractivity contribution < 1.29 is 4.79 Å². The van der Waals surface area contributed by atoms with Crippen LogP contribution >= 0.6 is 0 Å². The Hall–Kier alpha value is -4.31. The molecule has 0 saturated heterocycles. The van der Waals surface area contributed by atoms with Gasteiger partial charge in [-0.15, -0.1) is 0 Å². The molecule has 30 heavy (non-hydrogen) atoms. The second-order valence-electron chi connectivity index (χ2n) is 7.02. The van der Waals surface area contributed by atoms with Gasteiger partial charge in [0.05, 0.1) is 23.6 Å². The highest BCUT2D eigenvalue weighted by Crippen LogP contribution is 2.40. The molecule has 0 unspecified atom stereocenters. The number of nitriles is 1. The molecular weight excluding hydrogens is 376 g/mol. The van der Waals surface area contributed by atoms with Gasteiger partial charge in [0.25, 0.3) is 5.91 Å². The maximum atomic E-state index is 12.6. The number of aromatic amines is 1. The second kappa shape index (κ2) is 7.26. The largest absolute Gasteiger partial charge is 0.346 e. The van der Waals surface area contributed by atoms with Crippen LogP contribution in [-0.4, -0.2) is 26.1 Å². The van der Waals surface area contributed by atoms with E-state index in [1.54, 1.807) is 18.5 Å². The fourth-order valence-electron chi connectivity index (χ4n) is 3.69. The van der Waals surface area contributed by atoms with Crippen molar-refractivity contribution in [2.75, 3.05) is 0 Å². The minimum absolute atomic E-state index is 0.131. The molecule has 2 N–H and O–H groups in total. The van der Waals surface area contributed by atoms with Gasteiger partial charge in [-0.05, 0) is 42.0 Å². The van der Waals surface area contributed by atoms with Gasteiger partial charge in [-0.2, -0.15) is 10.4 Å². The summed E-state index contributed by atoms with van der Waals surface area (Å²) in [4.78, 5) is 20.9. The molecule has 1 amide bonds. The van der Waals surface area contributed by atoms with Gasteiger partial charge in [-0.3, -0.25) is 14.9 Å². The fourth-order valence-corrected chi connectivity index (χ4v) is 3.69. The number of carbonyl (C=O) groups is 1. The van der Waals surface area contributed by atoms with E-state index in [0.29, 0.717) is 24.2 Å². The summed E-state index contributed by atoms with van der Waals surface area (Å²) in [5, 5.41) is 19.4. The molecule has 7 nitrogen and oxygen atoms in total. The molecule has 0 fully saturated rings. The van der Waals surface area contributed by atoms with E-state index in [-0.39, 0.29) is 5.91 Å². The van der Waals surface area contributed by atoms with E-state index in [2.05, 4.69) is 25.5 Å². The van der Waals surface area contributed by atoms with E-state index >= 15 is 0 Å². The number of hydrogen-bond acceptors (Lipinski definition) is 5. The number of H-pyrrole nitrogens is 1. The Morgan fingerprint density at radius 2 is 2.10 bits per heavy atom. The number of nitrogens with one attached hydrogen (secondary N) is 2. The van der Waals surface area contributed by atoms with Crippen LogP contribution in [0.25, 0.3) is 22.5 Å². The van der Waals surface area contributed by atoms with E-state index < -0.39 is 0 Å². The Morgan fingerprint density at radius 1 is 1.17 bits per heavy atom. The van der Waals surface area contributed by atoms with Crippen molar-refractivity contribution in [1.29, 1.82) is 5.26 Å². The van der Waals surface area contributed by atoms with Crippen molar-refractivity contribution in [1.82, 2.24) is 25.5 Å². The monoisotopic (exact) mass is 392 g/mol. The molecule has 0 saturated carbocycles. The Labute approximate surface area is 172 Å². The summed E-state index contributed by atoms with van der Waals surface area (Å²) in [6.07, 6.45) is 4.05. The van der Waals surface area contributed by atoms with Crippen LogP contribution < -0.4 is 5.32 Å². The third-order valence-corrected chi connectivity index (χ3v) is 5.18. The first-order valence-corrected chi connectivity index (χ1v) is 9.48. The highest BCUT2D eigenvalue weighted by Gasteiger charge is 2.26. The lowest BCUT2D eigenvalue weighted by atomic mass is 10.0. The van der Waals surface area contributed by atoms with Gasteiger partial charge in [-0.1, -0.05) is 12.1 Å². The van der Waals surface area contributed by atoms with Crippen LogP contribution in [0.4, 0.5) is 0 Å². The highest BCUT2D eigenvalue weighted by atomic mass is 16.1. The molecule has 0 bridgehead atoms. The Kier molecular flexibility index (Phi) is 4.30. The van der Waals surface area contributed by atoms with Crippen molar-refractivity contribution in [3.63, 3.8) is 0 Å². The maximum absolute atomic E-state index is 12.6. The predicted octanol–water partition coefficient (Wildman–Crippen LogP) is 3.24. The number of nitrogens with zero attached hydrogens (tertiary/aromatic N) is 4. The molecule has 1 aliphatic rings. The minimum atomic E-state index is -0.131. The quantitative estimate of drug-likeness (QED) is 0.488. The average molecular weight is 392 g/mol. The first-order chi connectivity index (χ1) is 14.7. The summed E-state index contributed by atoms with van der Waals surface area (Å²) in [7, 11) is 0. The SMILES string of the molecule is N#Cc1ccc(-c2n[nH]c3c2Cc2cc(C(=O)NCc4ccccn4)ccc2-3)cn1. The third-order valence-electron chi connectivity index (χ3n) is 5.18. The first kappa shape index (κ1) is 17.8. The molecular formula is C23H16N6O. The number of pyridine rings is 2. The number of aromatic nitrogens is 4. The topological polar surface area (TPSA) is 107 Å². The summed E-state index contributed by atoms with van der Waals surface area (Å²) in [6, 6.07) is 16.9. The lowest BCUT2D eigenvalue weighted by molar-refractivity contribution is 0.0950. The molecule has 1 aliphatic carbocycles. The zero-order valence-corrected chi connectivity index (χ0v) is 15.9. The van der Waals surface area contributed by atoms with Crippen molar-refractivity contribution in [2.45, 2.75) is 13.0 Å². The molecule has 144 valence electrons. The highest BCUT2D eigenvalue weighted by molar-refractivity contribution is 5.95. The molecule has 1 aromatic carbocycles. The number of fused-ring (bicyclic) bond motifs is 3. The van der Waals surface area contributed by atoms with Crippen LogP contribution in [0, 0.1) is 11.3 Å². The summed E-state index contributed by atoms with van der Waals surface area (Å²) in [5.74, 6) is -0.131. The Bertz CT molecular complexity index is 1290. The molecule has 3 heterocycles. The van der Waals surface area contributed by atoms with E-state index in [1.165, 1.54) is 0 Å². The first-order valence-electron chi connectivity index (χ1n) is 9.48. The molecule has 0 spiro atoms. The smallest absolute Gasteiger partial charge is 0.251 e. The van der Waals surface area contributed by atoms with Crippen LogP contribution in [0.1, 0.15) is 32.9 Å². The summed E-state index contributed by atoms with van der Waals surface area (Å²) < 4.78 is 0. The normalized spacial score (nSPS) is 11.4. The van der Waals surface area contributed by atoms with E-state index in [0.717, 1.165) is 39.3 Å². The average Bonchev–Trinajstić information content (AvgIpc) is 3.37. The maximum Gasteiger partial charge on any atom is 0.251 e. The molecule has 0 atom stereocenters. The molecule has 0 aliphatic heterocycles. The molecule has 5 rings (SSSR count). The predicted molar refractivity (Wildman–Crippen MR) is 110 cm³/mol. The molecule has 7 heteroatoms. The third kappa shape index (κ3) is 3.10. The van der Waals surface area contributed by atoms with E-state index in [1.807, 2.05) is 48.5 Å². The van der Waals surface area contributed by atoms with E-state index in [4.69, 9.17) is 5.26 Å². The van der Waals surface area contributed by atoms with Crippen LogP contribution in [0.3, 0.4) is 0 Å². The number of carbonyl (C=O) groups excluding carboxylic acids is 1. The van der Waals surface area contributed by atoms with E-state index in [9.17, 15) is 4.79 Å². The van der Waals surface area contributed by atoms with Gasteiger partial charge in [0.15, 0.2) is 0 Å². The van der Waals surface area contributed by atoms with Gasteiger partial charge in [0.2, 0.25) is 0 Å². The lowest BCUT2D eigenvalue weighted by Gasteiger charge is -2.07. The van der Waals surface area contributed by atoms with Crippen molar-refractivity contribution in [3.05, 3.63) is 89.0 Å². The second-order valence-corrected chi connectivity index (χ2v) is 7.02. The minimum Gasteiger partial charge on any atom is -0.346 e. The standard InChI is InChI=1S/C23H16N6O/c24-11-17-6-4-15(12-26-17)21-20-10-16-9-14(5-7-19(16)22(20)29-28-21)23(30)27-13-18-3-1-2-8-25-18/h1-9,12H,10,13H2,(H,27,30)(H,28,29). The summed E-state index contributed by atoms with van der Waals surface area (Å²) >= 11 is 0. The summed E-state index contributed by atoms with van der Waals surface area (Å²) in [5.41, 5.74) is 7.63. The van der Waals surface area contributed by atoms with Crippen LogP contribution in [0.15, 0.2) is 60.9 Å². The van der Waals surface area contributed by atoms with Crippen molar-refractivity contribution in [2.24, 2.45) is 0 Å². The molecule has 4 aromatic rings. The molecule has 3 aromatic heterocycles. The van der Waals surface area contributed by atoms with Crippen LogP contribution in [0.2, 0.25) is 0 Å². The van der Waals surface area contributed by atoms with Gasteiger partial charge in [-0.25, -0.2) is 4.98 Å². The van der Waals surface area contributed by atoms with Crippen LogP contribution in [-0.2, 0) is 13.0 Å². The number of amides is 1. The van der Waals surface area contributed by atoms with Gasteiger partial charge >= 0.3 is 0 Å². The van der Waals surface area contributed by atoms with Gasteiger partial charge in [0.1, 0.15) is 11.8 Å². The Balaban J connectivity index is 1.37. The van der Waals surface area contributed by atoms with Gasteiger partial charge in [0, 0.05) is 41.1 Å². The lowest BCUT2D eigenvalue weighted by Crippen LogP contribution is -2.23. The number of rotatable bonds is 4. The zero-order valence-electron chi connectivity index (χ0n) is 15.9.